The largest absolute Gasteiger partial charge is 0.482 e. The van der Waals surface area contributed by atoms with E-state index in [-0.39, 0.29) is 30.2 Å². The first-order valence-electron chi connectivity index (χ1n) is 11.3. The van der Waals surface area contributed by atoms with Crippen LogP contribution in [-0.2, 0) is 16.0 Å². The molecule has 0 aliphatic carbocycles. The molecule has 3 aliphatic rings. The average molecular weight is 461 g/mol. The van der Waals surface area contributed by atoms with E-state index < -0.39 is 6.09 Å². The lowest BCUT2D eigenvalue weighted by molar-refractivity contribution is -0.118. The molecule has 10 heteroatoms. The van der Waals surface area contributed by atoms with Gasteiger partial charge in [-0.1, -0.05) is 0 Å². The first-order chi connectivity index (χ1) is 16.6. The molecule has 1 unspecified atom stereocenters. The molecule has 0 spiro atoms. The van der Waals surface area contributed by atoms with Crippen molar-refractivity contribution in [2.75, 3.05) is 36.5 Å². The summed E-state index contributed by atoms with van der Waals surface area (Å²) in [6.45, 7) is 1.70. The lowest BCUT2D eigenvalue weighted by atomic mass is 10.1. The zero-order valence-electron chi connectivity index (χ0n) is 18.3. The molecule has 1 saturated heterocycles. The summed E-state index contributed by atoms with van der Waals surface area (Å²) in [5, 5.41) is 6.18. The van der Waals surface area contributed by atoms with Crippen molar-refractivity contribution in [2.24, 2.45) is 0 Å². The van der Waals surface area contributed by atoms with E-state index in [1.165, 1.54) is 0 Å². The molecule has 6 rings (SSSR count). The Labute approximate surface area is 194 Å². The summed E-state index contributed by atoms with van der Waals surface area (Å²) in [7, 11) is 0. The maximum Gasteiger partial charge on any atom is 0.414 e. The zero-order valence-corrected chi connectivity index (χ0v) is 18.3. The van der Waals surface area contributed by atoms with Crippen molar-refractivity contribution in [1.82, 2.24) is 14.9 Å². The Morgan fingerprint density at radius 2 is 2.06 bits per heavy atom. The fraction of sp³-hybridized carbons (Fsp3) is 0.333. The van der Waals surface area contributed by atoms with Crippen molar-refractivity contribution in [3.8, 4) is 5.75 Å². The molecule has 0 bridgehead atoms. The van der Waals surface area contributed by atoms with Crippen LogP contribution in [0.25, 0.3) is 11.0 Å². The smallest absolute Gasteiger partial charge is 0.414 e. The van der Waals surface area contributed by atoms with Crippen molar-refractivity contribution in [3.63, 3.8) is 0 Å². The number of amides is 2. The van der Waals surface area contributed by atoms with Gasteiger partial charge in [0.2, 0.25) is 0 Å². The molecule has 34 heavy (non-hydrogen) atoms. The number of fused-ring (bicyclic) bond motifs is 1. The predicted molar refractivity (Wildman–Crippen MR) is 124 cm³/mol. The van der Waals surface area contributed by atoms with Crippen LogP contribution in [0.15, 0.2) is 47.4 Å². The van der Waals surface area contributed by atoms with Gasteiger partial charge in [0.1, 0.15) is 11.9 Å². The molecule has 2 atom stereocenters. The minimum atomic E-state index is -0.412. The SMILES string of the molecule is O=C1COc2ccc(N3C[C@H](CCNCC4Cc5ccnc6ccc(=O)n4c56)OC3=O)cc2N1. The van der Waals surface area contributed by atoms with E-state index in [0.717, 1.165) is 23.0 Å². The first kappa shape index (κ1) is 20.7. The minimum Gasteiger partial charge on any atom is -0.482 e. The molecule has 3 aromatic rings. The molecule has 1 fully saturated rings. The molecule has 0 saturated carbocycles. The second-order valence-corrected chi connectivity index (χ2v) is 8.73. The summed E-state index contributed by atoms with van der Waals surface area (Å²) in [6, 6.07) is 10.6. The maximum absolute atomic E-state index is 12.5. The van der Waals surface area contributed by atoms with Crippen molar-refractivity contribution < 1.29 is 19.1 Å². The van der Waals surface area contributed by atoms with E-state index in [9.17, 15) is 14.4 Å². The highest BCUT2D eigenvalue weighted by molar-refractivity contribution is 5.97. The Kier molecular flexibility index (Phi) is 4.95. The standard InChI is InChI=1S/C24H23N5O5/c30-21-13-33-20-3-1-15(10-19(20)27-21)28-12-17(34-24(28)32)6-7-25-11-16-9-14-5-8-26-18-2-4-22(31)29(16)23(14)18/h1-5,8,10,16-17,25H,6-7,9,11-13H2,(H,27,30)/t16?,17-/m0/s1. The number of pyridine rings is 2. The zero-order chi connectivity index (χ0) is 23.2. The Morgan fingerprint density at radius 3 is 2.97 bits per heavy atom. The van der Waals surface area contributed by atoms with Gasteiger partial charge in [-0.2, -0.15) is 0 Å². The van der Waals surface area contributed by atoms with Crippen LogP contribution in [0.4, 0.5) is 16.2 Å². The summed E-state index contributed by atoms with van der Waals surface area (Å²) < 4.78 is 12.8. The van der Waals surface area contributed by atoms with Gasteiger partial charge in [-0.25, -0.2) is 4.79 Å². The van der Waals surface area contributed by atoms with Crippen LogP contribution in [0, 0.1) is 0 Å². The number of hydrogen-bond donors (Lipinski definition) is 2. The van der Waals surface area contributed by atoms with Gasteiger partial charge in [-0.3, -0.25) is 19.5 Å². The summed E-state index contributed by atoms with van der Waals surface area (Å²) >= 11 is 0. The number of rotatable bonds is 6. The van der Waals surface area contributed by atoms with Crippen LogP contribution in [-0.4, -0.2) is 53.9 Å². The van der Waals surface area contributed by atoms with Gasteiger partial charge in [0, 0.05) is 24.5 Å². The fourth-order valence-corrected chi connectivity index (χ4v) is 4.94. The molecule has 174 valence electrons. The van der Waals surface area contributed by atoms with E-state index in [4.69, 9.17) is 9.47 Å². The Balaban J connectivity index is 1.05. The van der Waals surface area contributed by atoms with Crippen molar-refractivity contribution in [1.29, 1.82) is 0 Å². The number of anilines is 2. The number of cyclic esters (lactones) is 1. The third kappa shape index (κ3) is 3.56. The van der Waals surface area contributed by atoms with Crippen molar-refractivity contribution in [2.45, 2.75) is 25.0 Å². The highest BCUT2D eigenvalue weighted by Crippen LogP contribution is 2.34. The fourth-order valence-electron chi connectivity index (χ4n) is 4.94. The number of ether oxygens (including phenoxy) is 2. The number of hydrogen-bond acceptors (Lipinski definition) is 7. The molecule has 2 N–H and O–H groups in total. The summed E-state index contributed by atoms with van der Waals surface area (Å²) in [5.74, 6) is 0.356. The molecular weight excluding hydrogens is 438 g/mol. The normalized spacial score (nSPS) is 20.8. The predicted octanol–water partition coefficient (Wildman–Crippen LogP) is 1.83. The van der Waals surface area contributed by atoms with Gasteiger partial charge in [-0.15, -0.1) is 0 Å². The highest BCUT2D eigenvalue weighted by Gasteiger charge is 2.33. The Bertz CT molecular complexity index is 1370. The van der Waals surface area contributed by atoms with E-state index in [0.29, 0.717) is 43.2 Å². The van der Waals surface area contributed by atoms with Crippen molar-refractivity contribution in [3.05, 3.63) is 58.5 Å². The van der Waals surface area contributed by atoms with Gasteiger partial charge >= 0.3 is 6.09 Å². The lowest BCUT2D eigenvalue weighted by Crippen LogP contribution is -2.32. The molecular formula is C24H23N5O5. The van der Waals surface area contributed by atoms with Gasteiger partial charge < -0.3 is 24.7 Å². The second-order valence-electron chi connectivity index (χ2n) is 8.73. The third-order valence-corrected chi connectivity index (χ3v) is 6.52. The first-order valence-corrected chi connectivity index (χ1v) is 11.3. The number of benzene rings is 1. The molecule has 2 amide bonds. The van der Waals surface area contributed by atoms with Crippen LogP contribution in [0.5, 0.6) is 5.75 Å². The van der Waals surface area contributed by atoms with Crippen LogP contribution in [0.2, 0.25) is 0 Å². The van der Waals surface area contributed by atoms with Gasteiger partial charge in [0.05, 0.1) is 29.3 Å². The Morgan fingerprint density at radius 1 is 1.15 bits per heavy atom. The summed E-state index contributed by atoms with van der Waals surface area (Å²) in [5.41, 5.74) is 4.08. The van der Waals surface area contributed by atoms with Crippen molar-refractivity contribution >= 4 is 34.4 Å². The molecule has 0 radical (unpaired) electrons. The number of nitrogens with one attached hydrogen (secondary N) is 2. The summed E-state index contributed by atoms with van der Waals surface area (Å²) in [4.78, 5) is 42.4. The van der Waals surface area contributed by atoms with Crippen LogP contribution < -0.4 is 25.8 Å². The number of carbonyl (C=O) groups excluding carboxylic acids is 2. The number of aromatic nitrogens is 2. The third-order valence-electron chi connectivity index (χ3n) is 6.52. The van der Waals surface area contributed by atoms with Crippen LogP contribution >= 0.6 is 0 Å². The van der Waals surface area contributed by atoms with Gasteiger partial charge in [0.25, 0.3) is 11.5 Å². The molecule has 1 aromatic carbocycles. The van der Waals surface area contributed by atoms with E-state index in [1.807, 2.05) is 10.6 Å². The Hall–Kier alpha value is -3.92. The number of carbonyl (C=O) groups is 2. The van der Waals surface area contributed by atoms with Crippen LogP contribution in [0.3, 0.4) is 0 Å². The monoisotopic (exact) mass is 461 g/mol. The van der Waals surface area contributed by atoms with E-state index in [2.05, 4.69) is 15.6 Å². The number of nitrogens with zero attached hydrogens (tertiary/aromatic N) is 3. The van der Waals surface area contributed by atoms with Gasteiger partial charge in [-0.05, 0) is 55.3 Å². The minimum absolute atomic E-state index is 0.0131. The lowest BCUT2D eigenvalue weighted by Gasteiger charge is -2.20. The van der Waals surface area contributed by atoms with E-state index in [1.54, 1.807) is 41.4 Å². The molecule has 3 aliphatic heterocycles. The van der Waals surface area contributed by atoms with Crippen LogP contribution in [0.1, 0.15) is 18.0 Å². The summed E-state index contributed by atoms with van der Waals surface area (Å²) in [6.07, 6.45) is 2.55. The second kappa shape index (κ2) is 8.14. The van der Waals surface area contributed by atoms with Gasteiger partial charge in [0.15, 0.2) is 6.61 Å². The molecule has 5 heterocycles. The quantitative estimate of drug-likeness (QED) is 0.538. The van der Waals surface area contributed by atoms with E-state index >= 15 is 0 Å². The average Bonchev–Trinajstić information content (AvgIpc) is 3.40. The molecule has 10 nitrogen and oxygen atoms in total. The molecule has 2 aromatic heterocycles. The topological polar surface area (TPSA) is 115 Å². The maximum atomic E-state index is 12.5. The highest BCUT2D eigenvalue weighted by atomic mass is 16.6.